The van der Waals surface area contributed by atoms with Crippen molar-refractivity contribution >= 4 is 44.3 Å². The number of hydrogen-bond acceptors (Lipinski definition) is 5. The number of nitrogens with zero attached hydrogens (tertiary/aromatic N) is 2. The Balaban J connectivity index is 2.27. The molecule has 0 spiro atoms. The zero-order chi connectivity index (χ0) is 14.4. The molecule has 0 amide bonds. The van der Waals surface area contributed by atoms with Gasteiger partial charge in [0.15, 0.2) is 5.13 Å². The van der Waals surface area contributed by atoms with Gasteiger partial charge in [0, 0.05) is 13.6 Å². The van der Waals surface area contributed by atoms with Gasteiger partial charge in [-0.25, -0.2) is 4.98 Å². The molecule has 1 fully saturated rings. The zero-order valence-corrected chi connectivity index (χ0v) is 14.7. The fraction of sp³-hybridized carbons (Fsp3) is 0.750. The summed E-state index contributed by atoms with van der Waals surface area (Å²) in [5.74, 6) is 0. The van der Waals surface area contributed by atoms with Crippen LogP contribution in [0.2, 0.25) is 0 Å². The smallest absolute Gasteiger partial charge is 0.399 e. The third kappa shape index (κ3) is 2.70. The minimum absolute atomic E-state index is 0.322. The Labute approximate surface area is 127 Å². The molecule has 1 aliphatic heterocycles. The second-order valence-electron chi connectivity index (χ2n) is 5.75. The summed E-state index contributed by atoms with van der Waals surface area (Å²) >= 11 is 5.12. The lowest BCUT2D eigenvalue weighted by Gasteiger charge is -2.32. The highest BCUT2D eigenvalue weighted by Gasteiger charge is 2.53. The SMILES string of the molecule is CCN(C)c1nc(Br)c(B2OC(C)(C)C(C)(C)O2)s1. The van der Waals surface area contributed by atoms with Crippen LogP contribution in [0.25, 0.3) is 0 Å². The highest BCUT2D eigenvalue weighted by atomic mass is 79.9. The number of aromatic nitrogens is 1. The molecule has 1 saturated heterocycles. The van der Waals surface area contributed by atoms with Crippen molar-refractivity contribution in [1.82, 2.24) is 4.98 Å². The lowest BCUT2D eigenvalue weighted by atomic mass is 9.89. The molecule has 0 aliphatic carbocycles. The molecule has 2 heterocycles. The fourth-order valence-corrected chi connectivity index (χ4v) is 3.35. The predicted octanol–water partition coefficient (Wildman–Crippen LogP) is 2.66. The van der Waals surface area contributed by atoms with Crippen LogP contribution in [0.5, 0.6) is 0 Å². The lowest BCUT2D eigenvalue weighted by molar-refractivity contribution is 0.00578. The molecule has 1 aromatic heterocycles. The molecule has 0 aromatic carbocycles. The molecule has 19 heavy (non-hydrogen) atoms. The number of hydrogen-bond donors (Lipinski definition) is 0. The molecule has 0 atom stereocenters. The summed E-state index contributed by atoms with van der Waals surface area (Å²) in [5.41, 5.74) is -0.643. The molecule has 7 heteroatoms. The molecule has 0 radical (unpaired) electrons. The van der Waals surface area contributed by atoms with Crippen molar-refractivity contribution in [3.05, 3.63) is 4.60 Å². The number of rotatable bonds is 3. The second kappa shape index (κ2) is 5.02. The van der Waals surface area contributed by atoms with E-state index in [4.69, 9.17) is 9.31 Å². The van der Waals surface area contributed by atoms with Crippen LogP contribution in [0.15, 0.2) is 4.60 Å². The summed E-state index contributed by atoms with van der Waals surface area (Å²) in [6, 6.07) is 0. The monoisotopic (exact) mass is 346 g/mol. The molecular formula is C12H20BBrN2O2S. The van der Waals surface area contributed by atoms with Crippen LogP contribution >= 0.6 is 27.3 Å². The highest BCUT2D eigenvalue weighted by molar-refractivity contribution is 9.10. The Morgan fingerprint density at radius 3 is 2.26 bits per heavy atom. The van der Waals surface area contributed by atoms with Crippen LogP contribution in [0, 0.1) is 0 Å². The van der Waals surface area contributed by atoms with Gasteiger partial charge < -0.3 is 14.2 Å². The first kappa shape index (κ1) is 15.3. The molecule has 2 rings (SSSR count). The maximum absolute atomic E-state index is 6.06. The Hall–Kier alpha value is -0.105. The van der Waals surface area contributed by atoms with Crippen LogP contribution in [0.4, 0.5) is 5.13 Å². The third-order valence-electron chi connectivity index (χ3n) is 3.87. The van der Waals surface area contributed by atoms with Crippen molar-refractivity contribution < 1.29 is 9.31 Å². The van der Waals surface area contributed by atoms with Crippen molar-refractivity contribution in [2.75, 3.05) is 18.5 Å². The van der Waals surface area contributed by atoms with E-state index in [-0.39, 0.29) is 18.3 Å². The average Bonchev–Trinajstić information content (AvgIpc) is 2.77. The summed E-state index contributed by atoms with van der Waals surface area (Å²) < 4.78 is 13.9. The van der Waals surface area contributed by atoms with Crippen molar-refractivity contribution in [1.29, 1.82) is 0 Å². The maximum Gasteiger partial charge on any atom is 0.508 e. The van der Waals surface area contributed by atoms with E-state index in [1.165, 1.54) is 0 Å². The largest absolute Gasteiger partial charge is 0.508 e. The quantitative estimate of drug-likeness (QED) is 0.788. The molecule has 0 saturated carbocycles. The van der Waals surface area contributed by atoms with Crippen LogP contribution in [0.3, 0.4) is 0 Å². The standard InChI is InChI=1S/C12H20BBrN2O2S/c1-7-16(6)10-15-9(14)8(19-10)13-17-11(2,3)12(4,5)18-13/h7H2,1-6H3. The molecular weight excluding hydrogens is 327 g/mol. The first-order valence-electron chi connectivity index (χ1n) is 6.41. The maximum atomic E-state index is 6.06. The van der Waals surface area contributed by atoms with Crippen molar-refractivity contribution in [2.45, 2.75) is 45.8 Å². The first-order valence-corrected chi connectivity index (χ1v) is 8.02. The van der Waals surface area contributed by atoms with Gasteiger partial charge in [0.2, 0.25) is 0 Å². The Morgan fingerprint density at radius 1 is 1.26 bits per heavy atom. The van der Waals surface area contributed by atoms with Gasteiger partial charge in [-0.05, 0) is 50.5 Å². The van der Waals surface area contributed by atoms with Gasteiger partial charge in [-0.1, -0.05) is 0 Å². The highest BCUT2D eigenvalue weighted by Crippen LogP contribution is 2.38. The Morgan fingerprint density at radius 2 is 1.79 bits per heavy atom. The predicted molar refractivity (Wildman–Crippen MR) is 84.5 cm³/mol. The molecule has 1 aliphatic rings. The van der Waals surface area contributed by atoms with E-state index in [9.17, 15) is 0 Å². The number of halogens is 1. The van der Waals surface area contributed by atoms with Crippen LogP contribution in [-0.4, -0.2) is 36.9 Å². The van der Waals surface area contributed by atoms with Gasteiger partial charge in [-0.3, -0.25) is 0 Å². The topological polar surface area (TPSA) is 34.6 Å². The first-order chi connectivity index (χ1) is 8.68. The van der Waals surface area contributed by atoms with Crippen LogP contribution in [0.1, 0.15) is 34.6 Å². The van der Waals surface area contributed by atoms with Gasteiger partial charge in [0.1, 0.15) is 4.60 Å². The summed E-state index contributed by atoms with van der Waals surface area (Å²) in [5, 5.41) is 0.971. The number of thiazole rings is 1. The van der Waals surface area contributed by atoms with E-state index in [1.807, 2.05) is 7.05 Å². The lowest BCUT2D eigenvalue weighted by Crippen LogP contribution is -2.41. The molecule has 0 N–H and O–H groups in total. The molecule has 106 valence electrons. The van der Waals surface area contributed by atoms with Crippen LogP contribution < -0.4 is 9.68 Å². The summed E-state index contributed by atoms with van der Waals surface area (Å²) in [7, 11) is 1.68. The minimum atomic E-state index is -0.351. The van der Waals surface area contributed by atoms with Crippen molar-refractivity contribution in [3.63, 3.8) is 0 Å². The Kier molecular flexibility index (Phi) is 4.04. The summed E-state index contributed by atoms with van der Waals surface area (Å²) in [6.45, 7) is 11.2. The van der Waals surface area contributed by atoms with Gasteiger partial charge in [-0.2, -0.15) is 0 Å². The third-order valence-corrected chi connectivity index (χ3v) is 5.92. The molecule has 0 bridgehead atoms. The molecule has 4 nitrogen and oxygen atoms in total. The summed E-state index contributed by atoms with van der Waals surface area (Å²) in [6.07, 6.45) is 0. The minimum Gasteiger partial charge on any atom is -0.399 e. The van der Waals surface area contributed by atoms with E-state index in [2.05, 4.69) is 60.4 Å². The van der Waals surface area contributed by atoms with E-state index >= 15 is 0 Å². The molecule has 1 aromatic rings. The van der Waals surface area contributed by atoms with Gasteiger partial charge in [0.05, 0.1) is 16.0 Å². The Bertz CT molecular complexity index is 462. The zero-order valence-electron chi connectivity index (χ0n) is 12.3. The normalized spacial score (nSPS) is 20.9. The van der Waals surface area contributed by atoms with E-state index in [1.54, 1.807) is 11.3 Å². The van der Waals surface area contributed by atoms with Gasteiger partial charge >= 0.3 is 7.12 Å². The number of anilines is 1. The van der Waals surface area contributed by atoms with E-state index in [0.717, 1.165) is 21.1 Å². The average molecular weight is 347 g/mol. The van der Waals surface area contributed by atoms with Crippen LogP contribution in [-0.2, 0) is 9.31 Å². The second-order valence-corrected chi connectivity index (χ2v) is 7.51. The van der Waals surface area contributed by atoms with E-state index < -0.39 is 0 Å². The van der Waals surface area contributed by atoms with Gasteiger partial charge in [0.25, 0.3) is 0 Å². The molecule has 0 unspecified atom stereocenters. The van der Waals surface area contributed by atoms with Gasteiger partial charge in [-0.15, -0.1) is 11.3 Å². The fourth-order valence-electron chi connectivity index (χ4n) is 1.70. The van der Waals surface area contributed by atoms with Crippen molar-refractivity contribution in [3.8, 4) is 0 Å². The van der Waals surface area contributed by atoms with E-state index in [0.29, 0.717) is 0 Å². The van der Waals surface area contributed by atoms with Crippen molar-refractivity contribution in [2.24, 2.45) is 0 Å². The summed E-state index contributed by atoms with van der Waals surface area (Å²) in [4.78, 5) is 6.62.